The van der Waals surface area contributed by atoms with Crippen LogP contribution in [0, 0.1) is 0 Å². The highest BCUT2D eigenvalue weighted by Gasteiger charge is 2.17. The van der Waals surface area contributed by atoms with Crippen molar-refractivity contribution in [3.05, 3.63) is 35.3 Å². The fourth-order valence-electron chi connectivity index (χ4n) is 2.53. The van der Waals surface area contributed by atoms with Crippen molar-refractivity contribution < 1.29 is 4.74 Å². The van der Waals surface area contributed by atoms with Gasteiger partial charge in [0.2, 0.25) is 0 Å². The molecule has 20 heavy (non-hydrogen) atoms. The van der Waals surface area contributed by atoms with Crippen LogP contribution < -0.4 is 4.90 Å². The van der Waals surface area contributed by atoms with E-state index in [1.807, 2.05) is 23.0 Å². The van der Waals surface area contributed by atoms with Crippen molar-refractivity contribution in [2.45, 2.75) is 0 Å². The number of fused-ring (bicyclic) bond motifs is 1. The molecule has 0 unspecified atom stereocenters. The Morgan fingerprint density at radius 1 is 1.20 bits per heavy atom. The molecule has 5 nitrogen and oxygen atoms in total. The van der Waals surface area contributed by atoms with E-state index >= 15 is 0 Å². The van der Waals surface area contributed by atoms with Crippen molar-refractivity contribution in [3.8, 4) is 11.1 Å². The number of anilines is 1. The Morgan fingerprint density at radius 3 is 2.90 bits per heavy atom. The molecule has 0 aromatic carbocycles. The number of hydrogen-bond donors (Lipinski definition) is 0. The third-order valence-corrected chi connectivity index (χ3v) is 4.23. The minimum absolute atomic E-state index is 0.766. The van der Waals surface area contributed by atoms with Gasteiger partial charge in [0.1, 0.15) is 5.82 Å². The van der Waals surface area contributed by atoms with Gasteiger partial charge in [0.05, 0.1) is 19.4 Å². The molecule has 1 aliphatic heterocycles. The zero-order chi connectivity index (χ0) is 13.4. The number of morpholine rings is 1. The number of rotatable bonds is 2. The van der Waals surface area contributed by atoms with Gasteiger partial charge in [-0.25, -0.2) is 4.98 Å². The molecule has 0 bridgehead atoms. The van der Waals surface area contributed by atoms with Crippen LogP contribution in [-0.4, -0.2) is 40.9 Å². The van der Waals surface area contributed by atoms with Crippen LogP contribution in [0.5, 0.6) is 0 Å². The first-order valence-corrected chi connectivity index (χ1v) is 7.56. The molecule has 1 fully saturated rings. The van der Waals surface area contributed by atoms with Gasteiger partial charge in [0, 0.05) is 24.8 Å². The molecule has 0 atom stereocenters. The molecular formula is C14H14N4OS. The molecule has 0 spiro atoms. The van der Waals surface area contributed by atoms with Crippen molar-refractivity contribution in [1.29, 1.82) is 0 Å². The van der Waals surface area contributed by atoms with E-state index in [0.717, 1.165) is 43.3 Å². The van der Waals surface area contributed by atoms with Crippen LogP contribution in [-0.2, 0) is 4.74 Å². The number of thiophene rings is 1. The number of hydrogen-bond acceptors (Lipinski definition) is 5. The Morgan fingerprint density at radius 2 is 2.10 bits per heavy atom. The zero-order valence-electron chi connectivity index (χ0n) is 10.9. The lowest BCUT2D eigenvalue weighted by molar-refractivity contribution is 0.122. The molecule has 1 saturated heterocycles. The van der Waals surface area contributed by atoms with Crippen molar-refractivity contribution in [1.82, 2.24) is 14.6 Å². The Balaban J connectivity index is 1.83. The summed E-state index contributed by atoms with van der Waals surface area (Å²) >= 11 is 1.69. The Hall–Kier alpha value is -1.92. The summed E-state index contributed by atoms with van der Waals surface area (Å²) in [5.74, 6) is 1.08. The van der Waals surface area contributed by atoms with Gasteiger partial charge in [-0.15, -0.1) is 0 Å². The van der Waals surface area contributed by atoms with Crippen LogP contribution >= 0.6 is 11.3 Å². The predicted molar refractivity (Wildman–Crippen MR) is 79.3 cm³/mol. The van der Waals surface area contributed by atoms with Crippen LogP contribution in [0.15, 0.2) is 35.3 Å². The van der Waals surface area contributed by atoms with Crippen LogP contribution in [0.25, 0.3) is 16.8 Å². The van der Waals surface area contributed by atoms with E-state index in [1.54, 1.807) is 11.3 Å². The van der Waals surface area contributed by atoms with Gasteiger partial charge >= 0.3 is 0 Å². The number of aromatic nitrogens is 3. The lowest BCUT2D eigenvalue weighted by atomic mass is 10.2. The molecule has 0 saturated carbocycles. The Labute approximate surface area is 120 Å². The van der Waals surface area contributed by atoms with Gasteiger partial charge < -0.3 is 9.64 Å². The van der Waals surface area contributed by atoms with Crippen molar-refractivity contribution in [2.75, 3.05) is 31.2 Å². The van der Waals surface area contributed by atoms with E-state index in [0.29, 0.717) is 0 Å². The summed E-state index contributed by atoms with van der Waals surface area (Å²) in [5, 5.41) is 8.73. The molecule has 0 aliphatic carbocycles. The summed E-state index contributed by atoms with van der Waals surface area (Å²) in [5.41, 5.74) is 3.17. The summed E-state index contributed by atoms with van der Waals surface area (Å²) in [4.78, 5) is 6.79. The van der Waals surface area contributed by atoms with Crippen molar-refractivity contribution in [2.24, 2.45) is 0 Å². The van der Waals surface area contributed by atoms with E-state index in [1.165, 1.54) is 5.56 Å². The van der Waals surface area contributed by atoms with Crippen LogP contribution in [0.3, 0.4) is 0 Å². The van der Waals surface area contributed by atoms with E-state index in [9.17, 15) is 0 Å². The average molecular weight is 286 g/mol. The minimum atomic E-state index is 0.766. The second-order valence-corrected chi connectivity index (χ2v) is 5.49. The first-order valence-electron chi connectivity index (χ1n) is 6.61. The molecule has 4 rings (SSSR count). The molecular weight excluding hydrogens is 272 g/mol. The van der Waals surface area contributed by atoms with Crippen LogP contribution in [0.2, 0.25) is 0 Å². The minimum Gasteiger partial charge on any atom is -0.378 e. The van der Waals surface area contributed by atoms with Crippen molar-refractivity contribution in [3.63, 3.8) is 0 Å². The molecule has 1 aliphatic rings. The molecule has 4 heterocycles. The number of nitrogens with zero attached hydrogens (tertiary/aromatic N) is 4. The van der Waals surface area contributed by atoms with Crippen LogP contribution in [0.4, 0.5) is 5.82 Å². The zero-order valence-corrected chi connectivity index (χ0v) is 11.7. The first-order chi connectivity index (χ1) is 9.93. The normalized spacial score (nSPS) is 15.9. The quantitative estimate of drug-likeness (QED) is 0.725. The fraction of sp³-hybridized carbons (Fsp3) is 0.286. The van der Waals surface area contributed by atoms with Crippen LogP contribution in [0.1, 0.15) is 0 Å². The molecule has 0 N–H and O–H groups in total. The lowest BCUT2D eigenvalue weighted by Crippen LogP contribution is -2.37. The van der Waals surface area contributed by atoms with Gasteiger partial charge in [0.15, 0.2) is 5.65 Å². The van der Waals surface area contributed by atoms with E-state index < -0.39 is 0 Å². The third kappa shape index (κ3) is 1.88. The lowest BCUT2D eigenvalue weighted by Gasteiger charge is -2.28. The predicted octanol–water partition coefficient (Wildman–Crippen LogP) is 2.29. The SMILES string of the molecule is c1cc(N2CCOCC2)n2ncc(-c3ccsc3)c2n1. The fourth-order valence-corrected chi connectivity index (χ4v) is 3.19. The highest BCUT2D eigenvalue weighted by molar-refractivity contribution is 7.08. The molecule has 3 aromatic heterocycles. The standard InChI is InChI=1S/C14H14N4OS/c1-3-15-14-12(11-2-8-20-10-11)9-16-18(14)13(1)17-4-6-19-7-5-17/h1-3,8-10H,4-7H2. The van der Waals surface area contributed by atoms with Gasteiger partial charge in [-0.3, -0.25) is 0 Å². The molecule has 0 radical (unpaired) electrons. The smallest absolute Gasteiger partial charge is 0.165 e. The topological polar surface area (TPSA) is 42.7 Å². The average Bonchev–Trinajstić information content (AvgIpc) is 3.16. The monoisotopic (exact) mass is 286 g/mol. The highest BCUT2D eigenvalue weighted by Crippen LogP contribution is 2.27. The number of ether oxygens (including phenoxy) is 1. The maximum Gasteiger partial charge on any atom is 0.165 e. The van der Waals surface area contributed by atoms with E-state index in [4.69, 9.17) is 4.74 Å². The Kier molecular flexibility index (Phi) is 2.90. The summed E-state index contributed by atoms with van der Waals surface area (Å²) in [6.07, 6.45) is 3.76. The maximum absolute atomic E-state index is 5.41. The second kappa shape index (κ2) is 4.88. The summed E-state index contributed by atoms with van der Waals surface area (Å²) in [6.45, 7) is 3.32. The molecule has 3 aromatic rings. The highest BCUT2D eigenvalue weighted by atomic mass is 32.1. The van der Waals surface area contributed by atoms with Gasteiger partial charge in [-0.1, -0.05) is 0 Å². The second-order valence-electron chi connectivity index (χ2n) is 4.71. The molecule has 102 valence electrons. The summed E-state index contributed by atoms with van der Waals surface area (Å²) in [7, 11) is 0. The van der Waals surface area contributed by atoms with E-state index in [2.05, 4.69) is 31.8 Å². The van der Waals surface area contributed by atoms with E-state index in [-0.39, 0.29) is 0 Å². The molecule has 0 amide bonds. The van der Waals surface area contributed by atoms with Gasteiger partial charge in [-0.05, 0) is 28.5 Å². The Bertz CT molecular complexity index is 716. The van der Waals surface area contributed by atoms with Gasteiger partial charge in [0.25, 0.3) is 0 Å². The maximum atomic E-state index is 5.41. The largest absolute Gasteiger partial charge is 0.378 e. The van der Waals surface area contributed by atoms with Crippen molar-refractivity contribution >= 4 is 22.8 Å². The summed E-state index contributed by atoms with van der Waals surface area (Å²) < 4.78 is 7.34. The first kappa shape index (κ1) is 11.9. The third-order valence-electron chi connectivity index (χ3n) is 3.55. The van der Waals surface area contributed by atoms with Gasteiger partial charge in [-0.2, -0.15) is 21.0 Å². The summed E-state index contributed by atoms with van der Waals surface area (Å²) in [6, 6.07) is 4.12. The molecule has 6 heteroatoms.